The molecule has 1 saturated carbocycles. The average Bonchev–Trinajstić information content (AvgIpc) is 2.93. The molecule has 2 atom stereocenters. The van der Waals surface area contributed by atoms with Crippen LogP contribution in [-0.4, -0.2) is 37.4 Å². The van der Waals surface area contributed by atoms with Crippen molar-refractivity contribution in [3.63, 3.8) is 0 Å². The molecule has 1 aliphatic carbocycles. The molecule has 1 saturated heterocycles. The molecule has 0 spiro atoms. The number of nitrogens with two attached hydrogens (primary N) is 1. The Kier molecular flexibility index (Phi) is 3.20. The Bertz CT molecular complexity index is 416. The van der Waals surface area contributed by atoms with Crippen molar-refractivity contribution in [2.45, 2.75) is 44.2 Å². The van der Waals surface area contributed by atoms with Crippen molar-refractivity contribution in [3.05, 3.63) is 0 Å². The zero-order valence-electron chi connectivity index (χ0n) is 10.1. The molecule has 5 nitrogen and oxygen atoms in total. The number of carbonyl (C=O) groups excluding carboxylic acids is 1. The number of nitrogens with one attached hydrogen (secondary N) is 1. The highest BCUT2D eigenvalue weighted by Gasteiger charge is 2.40. The minimum absolute atomic E-state index is 0.0297. The molecule has 0 aromatic rings. The minimum Gasteiger partial charge on any atom is -0.349 e. The first-order chi connectivity index (χ1) is 7.80. The molecule has 17 heavy (non-hydrogen) atoms. The Balaban J connectivity index is 1.89. The molecule has 2 rings (SSSR count). The van der Waals surface area contributed by atoms with Gasteiger partial charge in [0.2, 0.25) is 5.91 Å². The summed E-state index contributed by atoms with van der Waals surface area (Å²) in [4.78, 5) is 11.8. The van der Waals surface area contributed by atoms with E-state index in [9.17, 15) is 13.2 Å². The monoisotopic (exact) mass is 260 g/mol. The fraction of sp³-hybridized carbons (Fsp3) is 0.909. The van der Waals surface area contributed by atoms with Gasteiger partial charge in [-0.05, 0) is 25.7 Å². The molecule has 0 aromatic heterocycles. The average molecular weight is 260 g/mol. The smallest absolute Gasteiger partial charge is 0.237 e. The second-order valence-corrected chi connectivity index (χ2v) is 7.86. The zero-order valence-corrected chi connectivity index (χ0v) is 10.9. The van der Waals surface area contributed by atoms with Gasteiger partial charge >= 0.3 is 0 Å². The van der Waals surface area contributed by atoms with Crippen molar-refractivity contribution >= 4 is 15.7 Å². The van der Waals surface area contributed by atoms with Gasteiger partial charge in [0.15, 0.2) is 9.84 Å². The summed E-state index contributed by atoms with van der Waals surface area (Å²) in [6.45, 7) is 1.78. The lowest BCUT2D eigenvalue weighted by Gasteiger charge is -2.25. The number of hydrogen-bond donors (Lipinski definition) is 2. The standard InChI is InChI=1S/C11H20N2O3S/c1-11(4-5-17(15,16)7-11)13-10(14)9(12)6-8-2-3-8/h8-9H,2-7,12H2,1H3,(H,13,14)/t9-,11?/m0/s1. The van der Waals surface area contributed by atoms with E-state index in [-0.39, 0.29) is 17.4 Å². The first-order valence-electron chi connectivity index (χ1n) is 6.08. The molecular weight excluding hydrogens is 240 g/mol. The Morgan fingerprint density at radius 3 is 2.65 bits per heavy atom. The van der Waals surface area contributed by atoms with Crippen LogP contribution in [0.1, 0.15) is 32.6 Å². The zero-order chi connectivity index (χ0) is 12.7. The summed E-state index contributed by atoms with van der Waals surface area (Å²) in [7, 11) is -2.99. The number of hydrogen-bond acceptors (Lipinski definition) is 4. The molecule has 0 radical (unpaired) electrons. The highest BCUT2D eigenvalue weighted by atomic mass is 32.2. The first kappa shape index (κ1) is 12.8. The summed E-state index contributed by atoms with van der Waals surface area (Å²) >= 11 is 0. The van der Waals surface area contributed by atoms with Crippen molar-refractivity contribution in [3.8, 4) is 0 Å². The van der Waals surface area contributed by atoms with E-state index in [1.165, 1.54) is 0 Å². The Morgan fingerprint density at radius 1 is 1.53 bits per heavy atom. The maximum Gasteiger partial charge on any atom is 0.237 e. The van der Waals surface area contributed by atoms with E-state index in [0.717, 1.165) is 12.8 Å². The van der Waals surface area contributed by atoms with Crippen molar-refractivity contribution in [1.29, 1.82) is 0 Å². The van der Waals surface area contributed by atoms with Crippen LogP contribution in [0.15, 0.2) is 0 Å². The van der Waals surface area contributed by atoms with E-state index < -0.39 is 21.4 Å². The molecule has 6 heteroatoms. The number of rotatable bonds is 4. The summed E-state index contributed by atoms with van der Waals surface area (Å²) in [6, 6.07) is -0.498. The summed E-state index contributed by atoms with van der Waals surface area (Å²) in [6.07, 6.45) is 3.52. The van der Waals surface area contributed by atoms with Crippen LogP contribution in [0.4, 0.5) is 0 Å². The maximum absolute atomic E-state index is 11.8. The first-order valence-corrected chi connectivity index (χ1v) is 7.90. The lowest BCUT2D eigenvalue weighted by Crippen LogP contribution is -2.52. The maximum atomic E-state index is 11.8. The molecule has 3 N–H and O–H groups in total. The van der Waals surface area contributed by atoms with Gasteiger partial charge in [0.25, 0.3) is 0 Å². The highest BCUT2D eigenvalue weighted by molar-refractivity contribution is 7.91. The van der Waals surface area contributed by atoms with E-state index in [4.69, 9.17) is 5.73 Å². The van der Waals surface area contributed by atoms with Crippen LogP contribution in [0.2, 0.25) is 0 Å². The van der Waals surface area contributed by atoms with Crippen molar-refractivity contribution < 1.29 is 13.2 Å². The SMILES string of the molecule is CC1(NC(=O)[C@@H](N)CC2CC2)CCS(=O)(=O)C1. The van der Waals surface area contributed by atoms with Gasteiger partial charge in [-0.25, -0.2) is 8.42 Å². The second kappa shape index (κ2) is 4.24. The largest absolute Gasteiger partial charge is 0.349 e. The van der Waals surface area contributed by atoms with Gasteiger partial charge < -0.3 is 11.1 Å². The van der Waals surface area contributed by atoms with Crippen LogP contribution >= 0.6 is 0 Å². The molecular formula is C11H20N2O3S. The van der Waals surface area contributed by atoms with Crippen LogP contribution in [0.25, 0.3) is 0 Å². The highest BCUT2D eigenvalue weighted by Crippen LogP contribution is 2.33. The van der Waals surface area contributed by atoms with E-state index in [2.05, 4.69) is 5.32 Å². The molecule has 98 valence electrons. The van der Waals surface area contributed by atoms with Crippen LogP contribution in [0.5, 0.6) is 0 Å². The molecule has 0 aromatic carbocycles. The van der Waals surface area contributed by atoms with E-state index in [1.54, 1.807) is 6.92 Å². The van der Waals surface area contributed by atoms with Crippen molar-refractivity contribution in [1.82, 2.24) is 5.32 Å². The third-order valence-electron chi connectivity index (χ3n) is 3.55. The molecule has 0 bridgehead atoms. The third-order valence-corrected chi connectivity index (χ3v) is 5.45. The van der Waals surface area contributed by atoms with Crippen LogP contribution in [0, 0.1) is 5.92 Å². The van der Waals surface area contributed by atoms with Crippen LogP contribution in [-0.2, 0) is 14.6 Å². The minimum atomic E-state index is -2.99. The van der Waals surface area contributed by atoms with Crippen molar-refractivity contribution in [2.24, 2.45) is 11.7 Å². The van der Waals surface area contributed by atoms with Gasteiger partial charge in [0, 0.05) is 0 Å². The Labute approximate surface area is 102 Å². The number of carbonyl (C=O) groups is 1. The fourth-order valence-corrected chi connectivity index (χ4v) is 4.41. The van der Waals surface area contributed by atoms with Gasteiger partial charge in [-0.3, -0.25) is 4.79 Å². The fourth-order valence-electron chi connectivity index (χ4n) is 2.32. The van der Waals surface area contributed by atoms with E-state index >= 15 is 0 Å². The van der Waals surface area contributed by atoms with E-state index in [1.807, 2.05) is 0 Å². The third kappa shape index (κ3) is 3.42. The molecule has 2 aliphatic rings. The van der Waals surface area contributed by atoms with E-state index in [0.29, 0.717) is 18.8 Å². The van der Waals surface area contributed by atoms with Crippen molar-refractivity contribution in [2.75, 3.05) is 11.5 Å². The van der Waals surface area contributed by atoms with Gasteiger partial charge in [-0.15, -0.1) is 0 Å². The lowest BCUT2D eigenvalue weighted by molar-refractivity contribution is -0.124. The predicted molar refractivity (Wildman–Crippen MR) is 65.1 cm³/mol. The Morgan fingerprint density at radius 2 is 2.18 bits per heavy atom. The quantitative estimate of drug-likeness (QED) is 0.733. The molecule has 1 amide bonds. The normalized spacial score (nSPS) is 33.3. The Hall–Kier alpha value is -0.620. The van der Waals surface area contributed by atoms with Crippen LogP contribution < -0.4 is 11.1 Å². The molecule has 1 aliphatic heterocycles. The molecule has 1 unspecified atom stereocenters. The van der Waals surface area contributed by atoms with Crippen LogP contribution in [0.3, 0.4) is 0 Å². The molecule has 2 fully saturated rings. The van der Waals surface area contributed by atoms with Gasteiger partial charge in [0.1, 0.15) is 0 Å². The second-order valence-electron chi connectivity index (χ2n) is 5.68. The number of sulfone groups is 1. The summed E-state index contributed by atoms with van der Waals surface area (Å²) in [5.41, 5.74) is 5.17. The predicted octanol–water partition coefficient (Wildman–Crippen LogP) is -0.193. The summed E-state index contributed by atoms with van der Waals surface area (Å²) < 4.78 is 22.8. The van der Waals surface area contributed by atoms with Gasteiger partial charge in [-0.1, -0.05) is 12.8 Å². The summed E-state index contributed by atoms with van der Waals surface area (Å²) in [5, 5.41) is 2.80. The topological polar surface area (TPSA) is 89.3 Å². The van der Waals surface area contributed by atoms with Gasteiger partial charge in [-0.2, -0.15) is 0 Å². The number of amides is 1. The molecule has 1 heterocycles. The summed E-state index contributed by atoms with van der Waals surface area (Å²) in [5.74, 6) is 0.566. The lowest BCUT2D eigenvalue weighted by atomic mass is 10.0. The van der Waals surface area contributed by atoms with Gasteiger partial charge in [0.05, 0.1) is 23.1 Å².